The molecule has 0 aromatic heterocycles. The maximum Gasteiger partial charge on any atom is 0.387 e. The summed E-state index contributed by atoms with van der Waals surface area (Å²) in [6.07, 6.45) is 2.47. The van der Waals surface area contributed by atoms with Gasteiger partial charge in [-0.2, -0.15) is 8.78 Å². The van der Waals surface area contributed by atoms with E-state index in [1.54, 1.807) is 18.2 Å². The van der Waals surface area contributed by atoms with Gasteiger partial charge in [0, 0.05) is 6.08 Å². The Bertz CT molecular complexity index is 859. The Labute approximate surface area is 163 Å². The molecule has 0 heterocycles. The van der Waals surface area contributed by atoms with Crippen LogP contribution in [0.3, 0.4) is 0 Å². The van der Waals surface area contributed by atoms with E-state index in [1.165, 1.54) is 30.3 Å². The zero-order chi connectivity index (χ0) is 19.8. The highest BCUT2D eigenvalue weighted by Crippen LogP contribution is 2.26. The second-order valence-electron chi connectivity index (χ2n) is 5.01. The summed E-state index contributed by atoms with van der Waals surface area (Å²) in [7, 11) is 0. The van der Waals surface area contributed by atoms with Gasteiger partial charge in [-0.05, 0) is 29.8 Å². The van der Waals surface area contributed by atoms with Crippen molar-refractivity contribution in [1.29, 1.82) is 0 Å². The van der Waals surface area contributed by atoms with Crippen LogP contribution in [-0.2, 0) is 14.3 Å². The van der Waals surface area contributed by atoms with Gasteiger partial charge < -0.3 is 14.8 Å². The lowest BCUT2D eigenvalue weighted by atomic mass is 10.2. The lowest BCUT2D eigenvalue weighted by Crippen LogP contribution is -2.20. The topological polar surface area (TPSA) is 64.6 Å². The van der Waals surface area contributed by atoms with E-state index in [0.717, 1.165) is 6.08 Å². The van der Waals surface area contributed by atoms with Gasteiger partial charge in [-0.1, -0.05) is 47.5 Å². The molecule has 0 saturated carbocycles. The number of carbonyl (C=O) groups excluding carboxylic acids is 2. The van der Waals surface area contributed by atoms with Crippen LogP contribution in [0.5, 0.6) is 5.75 Å². The van der Waals surface area contributed by atoms with E-state index < -0.39 is 25.1 Å². The Morgan fingerprint density at radius 3 is 2.59 bits per heavy atom. The lowest BCUT2D eigenvalue weighted by Gasteiger charge is -2.11. The smallest absolute Gasteiger partial charge is 0.387 e. The van der Waals surface area contributed by atoms with Crippen LogP contribution in [0.1, 0.15) is 5.56 Å². The van der Waals surface area contributed by atoms with Gasteiger partial charge in [0.2, 0.25) is 0 Å². The molecule has 5 nitrogen and oxygen atoms in total. The van der Waals surface area contributed by atoms with Crippen molar-refractivity contribution in [1.82, 2.24) is 0 Å². The Morgan fingerprint density at radius 1 is 1.11 bits per heavy atom. The molecule has 0 saturated heterocycles. The quantitative estimate of drug-likeness (QED) is 0.521. The molecular formula is C18H13Cl2F2NO4. The lowest BCUT2D eigenvalue weighted by molar-refractivity contribution is -0.142. The van der Waals surface area contributed by atoms with Gasteiger partial charge in [0.05, 0.1) is 15.7 Å². The number of amides is 1. The van der Waals surface area contributed by atoms with Gasteiger partial charge in [0.25, 0.3) is 5.91 Å². The summed E-state index contributed by atoms with van der Waals surface area (Å²) >= 11 is 11.8. The van der Waals surface area contributed by atoms with E-state index >= 15 is 0 Å². The molecule has 142 valence electrons. The molecule has 0 fully saturated rings. The number of alkyl halides is 2. The number of para-hydroxylation sites is 2. The highest BCUT2D eigenvalue weighted by Gasteiger charge is 2.12. The number of carbonyl (C=O) groups is 2. The summed E-state index contributed by atoms with van der Waals surface area (Å²) in [6, 6.07) is 10.5. The fourth-order valence-electron chi connectivity index (χ4n) is 1.95. The average Bonchev–Trinajstić information content (AvgIpc) is 2.62. The minimum Gasteiger partial charge on any atom is -0.452 e. The second kappa shape index (κ2) is 9.89. The fourth-order valence-corrected chi connectivity index (χ4v) is 2.32. The highest BCUT2D eigenvalue weighted by atomic mass is 35.5. The Morgan fingerprint density at radius 2 is 1.85 bits per heavy atom. The van der Waals surface area contributed by atoms with E-state index in [4.69, 9.17) is 27.9 Å². The van der Waals surface area contributed by atoms with Gasteiger partial charge in [0.15, 0.2) is 6.61 Å². The first-order valence-electron chi connectivity index (χ1n) is 7.49. The van der Waals surface area contributed by atoms with Crippen LogP contribution in [0.25, 0.3) is 6.08 Å². The molecule has 0 atom stereocenters. The van der Waals surface area contributed by atoms with Gasteiger partial charge in [-0.15, -0.1) is 0 Å². The Kier molecular flexibility index (Phi) is 7.57. The number of benzene rings is 2. The van der Waals surface area contributed by atoms with Gasteiger partial charge in [0.1, 0.15) is 5.75 Å². The van der Waals surface area contributed by atoms with Crippen LogP contribution >= 0.6 is 23.2 Å². The number of anilines is 1. The Hall–Kier alpha value is -2.64. The van der Waals surface area contributed by atoms with Crippen molar-refractivity contribution in [2.24, 2.45) is 0 Å². The summed E-state index contributed by atoms with van der Waals surface area (Å²) in [6.45, 7) is -3.65. The molecule has 0 radical (unpaired) electrons. The minimum atomic E-state index is -3.04. The molecule has 2 rings (SSSR count). The number of hydrogen-bond acceptors (Lipinski definition) is 4. The van der Waals surface area contributed by atoms with Crippen molar-refractivity contribution in [3.8, 4) is 5.75 Å². The van der Waals surface area contributed by atoms with Crippen molar-refractivity contribution in [3.05, 3.63) is 64.1 Å². The van der Waals surface area contributed by atoms with Crippen molar-refractivity contribution < 1.29 is 27.8 Å². The summed E-state index contributed by atoms with van der Waals surface area (Å²) in [5.41, 5.74) is 0.531. The summed E-state index contributed by atoms with van der Waals surface area (Å²) in [5, 5.41) is 2.93. The van der Waals surface area contributed by atoms with E-state index in [9.17, 15) is 18.4 Å². The first-order chi connectivity index (χ1) is 12.9. The average molecular weight is 416 g/mol. The third kappa shape index (κ3) is 6.54. The van der Waals surface area contributed by atoms with Gasteiger partial charge in [-0.3, -0.25) is 4.79 Å². The van der Waals surface area contributed by atoms with Gasteiger partial charge in [-0.25, -0.2) is 4.79 Å². The van der Waals surface area contributed by atoms with Crippen LogP contribution in [0.15, 0.2) is 48.5 Å². The molecule has 0 spiro atoms. The predicted molar refractivity (Wildman–Crippen MR) is 98.2 cm³/mol. The molecule has 0 aliphatic heterocycles. The molecule has 1 amide bonds. The molecule has 0 aliphatic carbocycles. The molecule has 0 unspecified atom stereocenters. The number of hydrogen-bond donors (Lipinski definition) is 1. The maximum absolute atomic E-state index is 12.3. The van der Waals surface area contributed by atoms with E-state index in [-0.39, 0.29) is 16.5 Å². The molecule has 0 aliphatic rings. The first-order valence-corrected chi connectivity index (χ1v) is 8.25. The zero-order valence-corrected chi connectivity index (χ0v) is 15.1. The number of nitrogens with one attached hydrogen (secondary N) is 1. The molecule has 1 N–H and O–H groups in total. The monoisotopic (exact) mass is 415 g/mol. The van der Waals surface area contributed by atoms with Crippen molar-refractivity contribution in [2.45, 2.75) is 6.61 Å². The predicted octanol–water partition coefficient (Wildman–Crippen LogP) is 4.79. The minimum absolute atomic E-state index is 0.0279. The van der Waals surface area contributed by atoms with Crippen molar-refractivity contribution >= 4 is 46.8 Å². The summed E-state index contributed by atoms with van der Waals surface area (Å²) in [4.78, 5) is 23.5. The maximum atomic E-state index is 12.3. The van der Waals surface area contributed by atoms with Crippen molar-refractivity contribution in [3.63, 3.8) is 0 Å². The van der Waals surface area contributed by atoms with E-state index in [2.05, 4.69) is 10.1 Å². The van der Waals surface area contributed by atoms with Crippen LogP contribution in [-0.4, -0.2) is 25.1 Å². The normalized spacial score (nSPS) is 10.9. The van der Waals surface area contributed by atoms with Crippen LogP contribution in [0.4, 0.5) is 14.5 Å². The zero-order valence-electron chi connectivity index (χ0n) is 13.6. The van der Waals surface area contributed by atoms with Crippen LogP contribution < -0.4 is 10.1 Å². The number of rotatable bonds is 7. The van der Waals surface area contributed by atoms with Crippen LogP contribution in [0, 0.1) is 0 Å². The third-order valence-corrected chi connectivity index (χ3v) is 3.94. The highest BCUT2D eigenvalue weighted by molar-refractivity contribution is 6.42. The standard InChI is InChI=1S/C18H13Cl2F2NO4/c19-12-5-3-4-11(17(12)20)8-9-16(25)26-10-15(24)23-13-6-1-2-7-14(13)27-18(21)22/h1-9,18H,10H2,(H,23,24)/b9-8+. The number of halogens is 4. The molecule has 9 heteroatoms. The SMILES string of the molecule is O=C(COC(=O)/C=C/c1cccc(Cl)c1Cl)Nc1ccccc1OC(F)F. The molecule has 2 aromatic rings. The molecule has 2 aromatic carbocycles. The first kappa shape index (κ1) is 20.7. The molecule has 0 bridgehead atoms. The number of ether oxygens (including phenoxy) is 2. The van der Waals surface area contributed by atoms with E-state index in [1.807, 2.05) is 0 Å². The summed E-state index contributed by atoms with van der Waals surface area (Å²) < 4.78 is 33.8. The summed E-state index contributed by atoms with van der Waals surface area (Å²) in [5.74, 6) is -1.72. The molecular weight excluding hydrogens is 403 g/mol. The third-order valence-electron chi connectivity index (χ3n) is 3.10. The number of esters is 1. The van der Waals surface area contributed by atoms with Gasteiger partial charge >= 0.3 is 12.6 Å². The van der Waals surface area contributed by atoms with Crippen LogP contribution in [0.2, 0.25) is 10.0 Å². The fraction of sp³-hybridized carbons (Fsp3) is 0.111. The van der Waals surface area contributed by atoms with Crippen molar-refractivity contribution in [2.75, 3.05) is 11.9 Å². The van der Waals surface area contributed by atoms with E-state index in [0.29, 0.717) is 10.6 Å². The second-order valence-corrected chi connectivity index (χ2v) is 5.79. The molecule has 27 heavy (non-hydrogen) atoms. The Balaban J connectivity index is 1.89. The largest absolute Gasteiger partial charge is 0.452 e.